The SMILES string of the molecule is CC1=C(C#N)C(c2cncc3ncc(-c4ccccc4F)cc23)C(C(=O)OC(C)C)C(N)=N1. The third-order valence-corrected chi connectivity index (χ3v) is 5.54. The maximum Gasteiger partial charge on any atom is 0.317 e. The van der Waals surface area contributed by atoms with E-state index >= 15 is 0 Å². The summed E-state index contributed by atoms with van der Waals surface area (Å²) in [6, 6.07) is 10.4. The lowest BCUT2D eigenvalue weighted by Gasteiger charge is -2.30. The number of aliphatic imine (C=N–C) groups is 1. The third-order valence-electron chi connectivity index (χ3n) is 5.54. The summed E-state index contributed by atoms with van der Waals surface area (Å²) in [6.45, 7) is 5.14. The smallest absolute Gasteiger partial charge is 0.317 e. The van der Waals surface area contributed by atoms with Gasteiger partial charge in [-0.2, -0.15) is 5.26 Å². The molecule has 7 nitrogen and oxygen atoms in total. The van der Waals surface area contributed by atoms with Gasteiger partial charge in [-0.05, 0) is 38.5 Å². The van der Waals surface area contributed by atoms with Crippen LogP contribution in [0.5, 0.6) is 0 Å². The predicted molar refractivity (Wildman–Crippen MR) is 122 cm³/mol. The highest BCUT2D eigenvalue weighted by Crippen LogP contribution is 2.41. The summed E-state index contributed by atoms with van der Waals surface area (Å²) < 4.78 is 19.9. The van der Waals surface area contributed by atoms with Gasteiger partial charge in [0.1, 0.15) is 17.6 Å². The molecular formula is C25H22FN5O2. The van der Waals surface area contributed by atoms with E-state index in [4.69, 9.17) is 10.5 Å². The predicted octanol–water partition coefficient (Wildman–Crippen LogP) is 4.26. The van der Waals surface area contributed by atoms with E-state index in [9.17, 15) is 14.4 Å². The molecule has 0 bridgehead atoms. The molecule has 2 aromatic heterocycles. The van der Waals surface area contributed by atoms with Crippen LogP contribution in [0.2, 0.25) is 0 Å². The molecule has 33 heavy (non-hydrogen) atoms. The molecule has 2 unspecified atom stereocenters. The number of nitrogens with zero attached hydrogens (tertiary/aromatic N) is 4. The number of pyridine rings is 2. The minimum absolute atomic E-state index is 0.0670. The van der Waals surface area contributed by atoms with E-state index in [-0.39, 0.29) is 17.8 Å². The molecule has 1 aliphatic rings. The van der Waals surface area contributed by atoms with Gasteiger partial charge in [0.15, 0.2) is 0 Å². The molecule has 0 spiro atoms. The zero-order chi connectivity index (χ0) is 23.7. The van der Waals surface area contributed by atoms with Gasteiger partial charge in [-0.3, -0.25) is 14.8 Å². The Kier molecular flexibility index (Phi) is 5.88. The Morgan fingerprint density at radius 2 is 2.00 bits per heavy atom. The number of esters is 1. The Balaban J connectivity index is 1.95. The van der Waals surface area contributed by atoms with Gasteiger partial charge < -0.3 is 10.5 Å². The highest BCUT2D eigenvalue weighted by atomic mass is 19.1. The first-order valence-corrected chi connectivity index (χ1v) is 10.5. The second-order valence-electron chi connectivity index (χ2n) is 8.09. The summed E-state index contributed by atoms with van der Waals surface area (Å²) in [5.41, 5.74) is 8.97. The Hall–Kier alpha value is -4.12. The van der Waals surface area contributed by atoms with Crippen LogP contribution < -0.4 is 5.73 Å². The fraction of sp³-hybridized carbons (Fsp3) is 0.240. The van der Waals surface area contributed by atoms with Crippen LogP contribution in [-0.4, -0.2) is 27.9 Å². The number of aromatic nitrogens is 2. The molecule has 1 aromatic carbocycles. The number of amidine groups is 1. The quantitative estimate of drug-likeness (QED) is 0.603. The molecule has 0 fully saturated rings. The molecule has 0 saturated carbocycles. The van der Waals surface area contributed by atoms with Crippen molar-refractivity contribution < 1.29 is 13.9 Å². The van der Waals surface area contributed by atoms with Crippen LogP contribution in [0.4, 0.5) is 4.39 Å². The van der Waals surface area contributed by atoms with Crippen LogP contribution in [-0.2, 0) is 9.53 Å². The van der Waals surface area contributed by atoms with Gasteiger partial charge in [0, 0.05) is 34.8 Å². The van der Waals surface area contributed by atoms with Gasteiger partial charge in [-0.1, -0.05) is 18.2 Å². The summed E-state index contributed by atoms with van der Waals surface area (Å²) in [5.74, 6) is -2.66. The molecule has 0 amide bonds. The fourth-order valence-corrected chi connectivity index (χ4v) is 4.09. The Morgan fingerprint density at radius 1 is 1.24 bits per heavy atom. The highest BCUT2D eigenvalue weighted by Gasteiger charge is 2.41. The van der Waals surface area contributed by atoms with E-state index in [0.29, 0.717) is 38.9 Å². The van der Waals surface area contributed by atoms with Crippen LogP contribution in [0, 0.1) is 23.1 Å². The number of rotatable bonds is 4. The van der Waals surface area contributed by atoms with Crippen molar-refractivity contribution in [2.24, 2.45) is 16.6 Å². The summed E-state index contributed by atoms with van der Waals surface area (Å²) in [4.78, 5) is 26.0. The van der Waals surface area contributed by atoms with E-state index in [0.717, 1.165) is 0 Å². The van der Waals surface area contributed by atoms with Crippen molar-refractivity contribution in [3.05, 3.63) is 71.6 Å². The molecule has 2 N–H and O–H groups in total. The fourth-order valence-electron chi connectivity index (χ4n) is 4.09. The van der Waals surface area contributed by atoms with Crippen LogP contribution in [0.3, 0.4) is 0 Å². The largest absolute Gasteiger partial charge is 0.462 e. The van der Waals surface area contributed by atoms with Crippen molar-refractivity contribution in [3.8, 4) is 17.2 Å². The Morgan fingerprint density at radius 3 is 2.70 bits per heavy atom. The highest BCUT2D eigenvalue weighted by molar-refractivity contribution is 6.04. The maximum absolute atomic E-state index is 14.5. The van der Waals surface area contributed by atoms with Crippen molar-refractivity contribution >= 4 is 22.7 Å². The summed E-state index contributed by atoms with van der Waals surface area (Å²) >= 11 is 0. The lowest BCUT2D eigenvalue weighted by molar-refractivity contribution is -0.150. The second kappa shape index (κ2) is 8.79. The molecule has 0 saturated heterocycles. The second-order valence-corrected chi connectivity index (χ2v) is 8.09. The zero-order valence-corrected chi connectivity index (χ0v) is 18.4. The Labute approximate surface area is 190 Å². The molecule has 166 valence electrons. The molecule has 1 aliphatic heterocycles. The van der Waals surface area contributed by atoms with Gasteiger partial charge in [0.25, 0.3) is 0 Å². The van der Waals surface area contributed by atoms with Crippen LogP contribution in [0.25, 0.3) is 22.0 Å². The maximum atomic E-state index is 14.5. The van der Waals surface area contributed by atoms with Crippen molar-refractivity contribution in [2.45, 2.75) is 32.8 Å². The first-order valence-electron chi connectivity index (χ1n) is 10.5. The number of nitrogens with two attached hydrogens (primary N) is 1. The van der Waals surface area contributed by atoms with Crippen molar-refractivity contribution in [2.75, 3.05) is 0 Å². The minimum atomic E-state index is -1.00. The summed E-state index contributed by atoms with van der Waals surface area (Å²) in [5, 5.41) is 10.6. The van der Waals surface area contributed by atoms with E-state index in [2.05, 4.69) is 21.0 Å². The van der Waals surface area contributed by atoms with Crippen molar-refractivity contribution in [1.29, 1.82) is 5.26 Å². The third kappa shape index (κ3) is 4.05. The number of allylic oxidation sites excluding steroid dienone is 2. The minimum Gasteiger partial charge on any atom is -0.462 e. The van der Waals surface area contributed by atoms with Crippen LogP contribution >= 0.6 is 0 Å². The molecule has 3 heterocycles. The summed E-state index contributed by atoms with van der Waals surface area (Å²) in [7, 11) is 0. The average molecular weight is 443 g/mol. The van der Waals surface area contributed by atoms with E-state index in [1.165, 1.54) is 6.07 Å². The monoisotopic (exact) mass is 443 g/mol. The number of fused-ring (bicyclic) bond motifs is 1. The van der Waals surface area contributed by atoms with E-state index < -0.39 is 17.8 Å². The number of hydrogen-bond donors (Lipinski definition) is 1. The Bertz CT molecular complexity index is 1360. The zero-order valence-electron chi connectivity index (χ0n) is 18.4. The number of carbonyl (C=O) groups is 1. The number of ether oxygens (including phenoxy) is 1. The van der Waals surface area contributed by atoms with Gasteiger partial charge in [0.05, 0.1) is 35.2 Å². The molecule has 4 rings (SSSR count). The normalized spacial score (nSPS) is 18.2. The number of hydrogen-bond acceptors (Lipinski definition) is 7. The van der Waals surface area contributed by atoms with Crippen molar-refractivity contribution in [1.82, 2.24) is 9.97 Å². The lowest BCUT2D eigenvalue weighted by atomic mass is 9.77. The van der Waals surface area contributed by atoms with Gasteiger partial charge in [-0.15, -0.1) is 0 Å². The van der Waals surface area contributed by atoms with Gasteiger partial charge in [0.2, 0.25) is 0 Å². The molecule has 3 aromatic rings. The van der Waals surface area contributed by atoms with E-state index in [1.54, 1.807) is 63.6 Å². The molecule has 8 heteroatoms. The first-order chi connectivity index (χ1) is 15.8. The topological polar surface area (TPSA) is 114 Å². The standard InChI is InChI=1S/C25H22FN5O2/c1-13(2)33-25(32)23-22(18(9-27)14(3)31-24(23)28)19-11-29-12-21-17(19)8-15(10-30-21)16-6-4-5-7-20(16)26/h4-8,10-13,22-23H,1-3H3,(H2,28,31). The first kappa shape index (κ1) is 22.1. The number of nitriles is 1. The number of carbonyl (C=O) groups excluding carboxylic acids is 1. The number of benzene rings is 1. The summed E-state index contributed by atoms with van der Waals surface area (Å²) in [6.07, 6.45) is 4.36. The molecular weight excluding hydrogens is 421 g/mol. The molecule has 2 atom stereocenters. The van der Waals surface area contributed by atoms with Crippen LogP contribution in [0.15, 0.2) is 65.2 Å². The van der Waals surface area contributed by atoms with Crippen molar-refractivity contribution in [3.63, 3.8) is 0 Å². The van der Waals surface area contributed by atoms with Gasteiger partial charge >= 0.3 is 5.97 Å². The number of halogens is 1. The lowest BCUT2D eigenvalue weighted by Crippen LogP contribution is -2.40. The van der Waals surface area contributed by atoms with E-state index in [1.807, 2.05) is 0 Å². The average Bonchev–Trinajstić information content (AvgIpc) is 2.77. The molecule has 0 radical (unpaired) electrons. The van der Waals surface area contributed by atoms with Crippen LogP contribution in [0.1, 0.15) is 32.3 Å². The molecule has 0 aliphatic carbocycles. The van der Waals surface area contributed by atoms with Gasteiger partial charge in [-0.25, -0.2) is 9.38 Å².